The molecule has 2 rings (SSSR count). The Morgan fingerprint density at radius 2 is 2.05 bits per heavy atom. The van der Waals surface area contributed by atoms with Crippen LogP contribution in [0.1, 0.15) is 17.3 Å². The molecule has 0 saturated carbocycles. The van der Waals surface area contributed by atoms with Crippen molar-refractivity contribution in [3.05, 3.63) is 47.5 Å². The summed E-state index contributed by atoms with van der Waals surface area (Å²) in [7, 11) is 1.73. The van der Waals surface area contributed by atoms with Gasteiger partial charge in [-0.15, -0.1) is 0 Å². The molecule has 19 heavy (non-hydrogen) atoms. The normalized spacial score (nSPS) is 12.2. The number of benzene rings is 1. The zero-order valence-electron chi connectivity index (χ0n) is 10.6. The maximum atomic E-state index is 12.8. The van der Waals surface area contributed by atoms with E-state index in [1.165, 1.54) is 24.3 Å². The molecule has 0 aliphatic rings. The van der Waals surface area contributed by atoms with Crippen LogP contribution in [0.5, 0.6) is 0 Å². The number of carboxylic acid groups (broad SMARTS) is 1. The van der Waals surface area contributed by atoms with E-state index in [1.54, 1.807) is 24.9 Å². The van der Waals surface area contributed by atoms with Crippen molar-refractivity contribution in [3.8, 4) is 0 Å². The van der Waals surface area contributed by atoms with Gasteiger partial charge in [-0.05, 0) is 31.2 Å². The summed E-state index contributed by atoms with van der Waals surface area (Å²) in [6.07, 6.45) is 1.66. The number of rotatable bonds is 4. The molecule has 1 aromatic heterocycles. The second-order valence-electron chi connectivity index (χ2n) is 4.27. The predicted octanol–water partition coefficient (Wildman–Crippen LogP) is 2.11. The Labute approximate surface area is 109 Å². The second-order valence-corrected chi connectivity index (χ2v) is 4.27. The Morgan fingerprint density at radius 1 is 1.42 bits per heavy atom. The Balaban J connectivity index is 2.29. The number of hydrogen-bond donors (Lipinski definition) is 2. The van der Waals surface area contributed by atoms with Gasteiger partial charge < -0.3 is 10.4 Å². The SMILES string of the molecule is Cc1nn(C)cc1C(Nc1ccc(F)cc1)C(=O)O. The number of nitrogens with zero attached hydrogens (tertiary/aromatic N) is 2. The monoisotopic (exact) mass is 263 g/mol. The molecule has 0 radical (unpaired) electrons. The summed E-state index contributed by atoms with van der Waals surface area (Å²) in [5.74, 6) is -1.38. The number of carboxylic acids is 1. The first-order valence-corrected chi connectivity index (χ1v) is 5.72. The first-order chi connectivity index (χ1) is 8.97. The lowest BCUT2D eigenvalue weighted by molar-refractivity contribution is -0.138. The molecular formula is C13H14FN3O2. The summed E-state index contributed by atoms with van der Waals surface area (Å²) in [5, 5.41) is 16.3. The van der Waals surface area contributed by atoms with Gasteiger partial charge in [-0.2, -0.15) is 5.10 Å². The van der Waals surface area contributed by atoms with Crippen LogP contribution in [0.15, 0.2) is 30.5 Å². The Hall–Kier alpha value is -2.37. The summed E-state index contributed by atoms with van der Waals surface area (Å²) in [5.41, 5.74) is 1.76. The number of aromatic nitrogens is 2. The zero-order valence-corrected chi connectivity index (χ0v) is 10.6. The van der Waals surface area contributed by atoms with Crippen LogP contribution in [0, 0.1) is 12.7 Å². The molecule has 0 aliphatic heterocycles. The number of anilines is 1. The molecule has 5 nitrogen and oxygen atoms in total. The molecule has 6 heteroatoms. The lowest BCUT2D eigenvalue weighted by Gasteiger charge is -2.15. The van der Waals surface area contributed by atoms with E-state index in [1.807, 2.05) is 0 Å². The van der Waals surface area contributed by atoms with Gasteiger partial charge in [0.25, 0.3) is 0 Å². The van der Waals surface area contributed by atoms with Crippen LogP contribution in [-0.4, -0.2) is 20.9 Å². The zero-order chi connectivity index (χ0) is 14.0. The van der Waals surface area contributed by atoms with Crippen molar-refractivity contribution < 1.29 is 14.3 Å². The molecule has 2 N–H and O–H groups in total. The maximum Gasteiger partial charge on any atom is 0.330 e. The van der Waals surface area contributed by atoms with Crippen molar-refractivity contribution in [2.75, 3.05) is 5.32 Å². The lowest BCUT2D eigenvalue weighted by Crippen LogP contribution is -2.20. The van der Waals surface area contributed by atoms with Gasteiger partial charge in [-0.25, -0.2) is 9.18 Å². The van der Waals surface area contributed by atoms with Crippen LogP contribution in [0.2, 0.25) is 0 Å². The maximum absolute atomic E-state index is 12.8. The number of carbonyl (C=O) groups is 1. The molecule has 1 unspecified atom stereocenters. The summed E-state index contributed by atoms with van der Waals surface area (Å²) < 4.78 is 14.4. The highest BCUT2D eigenvalue weighted by Gasteiger charge is 2.23. The molecule has 0 fully saturated rings. The fourth-order valence-corrected chi connectivity index (χ4v) is 1.89. The van der Waals surface area contributed by atoms with Crippen molar-refractivity contribution in [1.82, 2.24) is 9.78 Å². The standard InChI is InChI=1S/C13H14FN3O2/c1-8-11(7-17(2)16-8)12(13(18)19)15-10-5-3-9(14)4-6-10/h3-7,12,15H,1-2H3,(H,18,19). The number of halogens is 1. The molecule has 100 valence electrons. The fourth-order valence-electron chi connectivity index (χ4n) is 1.89. The number of aliphatic carboxylic acids is 1. The highest BCUT2D eigenvalue weighted by Crippen LogP contribution is 2.22. The van der Waals surface area contributed by atoms with E-state index >= 15 is 0 Å². The second kappa shape index (κ2) is 5.09. The van der Waals surface area contributed by atoms with Crippen LogP contribution < -0.4 is 5.32 Å². The van der Waals surface area contributed by atoms with Crippen molar-refractivity contribution in [1.29, 1.82) is 0 Å². The Morgan fingerprint density at radius 3 is 2.53 bits per heavy atom. The van der Waals surface area contributed by atoms with Crippen molar-refractivity contribution in [3.63, 3.8) is 0 Å². The average Bonchev–Trinajstić information content (AvgIpc) is 2.67. The average molecular weight is 263 g/mol. The molecule has 0 bridgehead atoms. The molecule has 0 spiro atoms. The molecule has 2 aromatic rings. The van der Waals surface area contributed by atoms with Gasteiger partial charge in [0.1, 0.15) is 5.82 Å². The summed E-state index contributed by atoms with van der Waals surface area (Å²) in [4.78, 5) is 11.4. The van der Waals surface area contributed by atoms with Crippen molar-refractivity contribution in [2.45, 2.75) is 13.0 Å². The highest BCUT2D eigenvalue weighted by molar-refractivity contribution is 5.79. The predicted molar refractivity (Wildman–Crippen MR) is 68.3 cm³/mol. The van der Waals surface area contributed by atoms with Gasteiger partial charge in [0.2, 0.25) is 0 Å². The van der Waals surface area contributed by atoms with Gasteiger partial charge in [-0.1, -0.05) is 0 Å². The number of aryl methyl sites for hydroxylation is 2. The Kier molecular flexibility index (Phi) is 3.50. The van der Waals surface area contributed by atoms with E-state index in [0.29, 0.717) is 16.9 Å². The third kappa shape index (κ3) is 2.90. The van der Waals surface area contributed by atoms with Crippen LogP contribution >= 0.6 is 0 Å². The third-order valence-corrected chi connectivity index (χ3v) is 2.76. The van der Waals surface area contributed by atoms with E-state index in [2.05, 4.69) is 10.4 Å². The molecule has 1 aromatic carbocycles. The van der Waals surface area contributed by atoms with E-state index in [-0.39, 0.29) is 5.82 Å². The van der Waals surface area contributed by atoms with Gasteiger partial charge in [0.15, 0.2) is 6.04 Å². The van der Waals surface area contributed by atoms with Crippen molar-refractivity contribution >= 4 is 11.7 Å². The van der Waals surface area contributed by atoms with Gasteiger partial charge in [-0.3, -0.25) is 4.68 Å². The topological polar surface area (TPSA) is 67.2 Å². The van der Waals surface area contributed by atoms with E-state index in [4.69, 9.17) is 0 Å². The fraction of sp³-hybridized carbons (Fsp3) is 0.231. The van der Waals surface area contributed by atoms with E-state index in [0.717, 1.165) is 0 Å². The van der Waals surface area contributed by atoms with Crippen LogP contribution in [0.3, 0.4) is 0 Å². The Bertz CT molecular complexity index is 592. The van der Waals surface area contributed by atoms with Crippen LogP contribution in [-0.2, 0) is 11.8 Å². The molecule has 1 atom stereocenters. The largest absolute Gasteiger partial charge is 0.479 e. The quantitative estimate of drug-likeness (QED) is 0.886. The first-order valence-electron chi connectivity index (χ1n) is 5.72. The minimum Gasteiger partial charge on any atom is -0.479 e. The molecule has 1 heterocycles. The van der Waals surface area contributed by atoms with E-state index < -0.39 is 12.0 Å². The smallest absolute Gasteiger partial charge is 0.330 e. The minimum atomic E-state index is -1.01. The van der Waals surface area contributed by atoms with Gasteiger partial charge in [0, 0.05) is 24.5 Å². The minimum absolute atomic E-state index is 0.366. The molecular weight excluding hydrogens is 249 g/mol. The van der Waals surface area contributed by atoms with Crippen LogP contribution in [0.4, 0.5) is 10.1 Å². The number of nitrogens with one attached hydrogen (secondary N) is 1. The van der Waals surface area contributed by atoms with Crippen LogP contribution in [0.25, 0.3) is 0 Å². The molecule has 0 saturated heterocycles. The van der Waals surface area contributed by atoms with E-state index in [9.17, 15) is 14.3 Å². The molecule has 0 aliphatic carbocycles. The summed E-state index contributed by atoms with van der Waals surface area (Å²) in [6, 6.07) is 4.63. The first kappa shape index (κ1) is 13.1. The lowest BCUT2D eigenvalue weighted by atomic mass is 10.1. The third-order valence-electron chi connectivity index (χ3n) is 2.76. The van der Waals surface area contributed by atoms with Gasteiger partial charge in [0.05, 0.1) is 5.69 Å². The van der Waals surface area contributed by atoms with Crippen molar-refractivity contribution in [2.24, 2.45) is 7.05 Å². The summed E-state index contributed by atoms with van der Waals surface area (Å²) >= 11 is 0. The summed E-state index contributed by atoms with van der Waals surface area (Å²) in [6.45, 7) is 1.75. The number of hydrogen-bond acceptors (Lipinski definition) is 3. The highest BCUT2D eigenvalue weighted by atomic mass is 19.1. The molecule has 0 amide bonds. The van der Waals surface area contributed by atoms with Gasteiger partial charge >= 0.3 is 5.97 Å².